The first kappa shape index (κ1) is 16.4. The SMILES string of the molecule is CC(C)NS(=O)(=O)Nc1ccc(S(N)(=O)=O)cc1Br. The van der Waals surface area contributed by atoms with Crippen molar-refractivity contribution in [3.05, 3.63) is 22.7 Å². The quantitative estimate of drug-likeness (QED) is 0.707. The van der Waals surface area contributed by atoms with Gasteiger partial charge in [0.15, 0.2) is 0 Å². The standard InChI is InChI=1S/C9H14BrN3O4S2/c1-6(2)12-19(16,17)13-9-4-3-7(5-8(9)10)18(11,14)15/h3-6,12-13H,1-2H3,(H2,11,14,15). The van der Waals surface area contributed by atoms with Crippen molar-refractivity contribution in [2.75, 3.05) is 4.72 Å². The minimum absolute atomic E-state index is 0.112. The van der Waals surface area contributed by atoms with Crippen LogP contribution in [0.1, 0.15) is 13.8 Å². The third-order valence-electron chi connectivity index (χ3n) is 1.90. The highest BCUT2D eigenvalue weighted by Gasteiger charge is 2.15. The molecule has 4 N–H and O–H groups in total. The molecule has 0 unspecified atom stereocenters. The maximum absolute atomic E-state index is 11.7. The van der Waals surface area contributed by atoms with Gasteiger partial charge in [0.1, 0.15) is 0 Å². The van der Waals surface area contributed by atoms with Crippen LogP contribution < -0.4 is 14.6 Å². The van der Waals surface area contributed by atoms with Crippen LogP contribution in [0.25, 0.3) is 0 Å². The van der Waals surface area contributed by atoms with Crippen molar-refractivity contribution in [1.29, 1.82) is 0 Å². The van der Waals surface area contributed by atoms with Crippen LogP contribution in [0.4, 0.5) is 5.69 Å². The predicted molar refractivity (Wildman–Crippen MR) is 76.3 cm³/mol. The zero-order chi connectivity index (χ0) is 14.8. The topological polar surface area (TPSA) is 118 Å². The van der Waals surface area contributed by atoms with Crippen LogP contribution in [0.3, 0.4) is 0 Å². The minimum Gasteiger partial charge on any atom is -0.270 e. The summed E-state index contributed by atoms with van der Waals surface area (Å²) in [5.74, 6) is 0. The van der Waals surface area contributed by atoms with Crippen LogP contribution in [-0.2, 0) is 20.2 Å². The fourth-order valence-corrected chi connectivity index (χ4v) is 3.69. The van der Waals surface area contributed by atoms with Crippen molar-refractivity contribution in [2.24, 2.45) is 5.14 Å². The number of nitrogens with two attached hydrogens (primary N) is 1. The van der Waals surface area contributed by atoms with Crippen molar-refractivity contribution in [2.45, 2.75) is 24.8 Å². The third-order valence-corrected chi connectivity index (χ3v) is 4.74. The average Bonchev–Trinajstić information content (AvgIpc) is 2.16. The number of nitrogens with one attached hydrogen (secondary N) is 2. The van der Waals surface area contributed by atoms with E-state index in [4.69, 9.17) is 5.14 Å². The molecule has 0 atom stereocenters. The summed E-state index contributed by atoms with van der Waals surface area (Å²) >= 11 is 3.08. The molecule has 0 saturated carbocycles. The van der Waals surface area contributed by atoms with E-state index in [-0.39, 0.29) is 21.1 Å². The molecule has 0 heterocycles. The fraction of sp³-hybridized carbons (Fsp3) is 0.333. The van der Waals surface area contributed by atoms with Crippen LogP contribution in [0.2, 0.25) is 0 Å². The highest BCUT2D eigenvalue weighted by Crippen LogP contribution is 2.25. The van der Waals surface area contributed by atoms with Gasteiger partial charge in [0.25, 0.3) is 10.2 Å². The minimum atomic E-state index is -3.83. The van der Waals surface area contributed by atoms with Gasteiger partial charge in [-0.3, -0.25) is 4.72 Å². The van der Waals surface area contributed by atoms with Crippen molar-refractivity contribution in [1.82, 2.24) is 4.72 Å². The Morgan fingerprint density at radius 2 is 1.79 bits per heavy atom. The summed E-state index contributed by atoms with van der Waals surface area (Å²) in [6.45, 7) is 3.36. The van der Waals surface area contributed by atoms with E-state index in [1.807, 2.05) is 0 Å². The summed E-state index contributed by atoms with van der Waals surface area (Å²) in [4.78, 5) is -0.112. The molecule has 0 fully saturated rings. The summed E-state index contributed by atoms with van der Waals surface area (Å²) in [6, 6.07) is 3.49. The maximum Gasteiger partial charge on any atom is 0.299 e. The first-order chi connectivity index (χ1) is 8.51. The number of anilines is 1. The van der Waals surface area contributed by atoms with Crippen molar-refractivity contribution >= 4 is 41.8 Å². The van der Waals surface area contributed by atoms with Gasteiger partial charge in [0.05, 0.1) is 10.6 Å². The van der Waals surface area contributed by atoms with Gasteiger partial charge in [-0.2, -0.15) is 13.1 Å². The summed E-state index contributed by atoms with van der Waals surface area (Å²) in [5.41, 5.74) is 0.209. The second-order valence-electron chi connectivity index (χ2n) is 4.06. The molecule has 1 rings (SSSR count). The summed E-state index contributed by atoms with van der Waals surface area (Å²) in [7, 11) is -7.54. The van der Waals surface area contributed by atoms with Gasteiger partial charge < -0.3 is 0 Å². The number of rotatable bonds is 5. The predicted octanol–water partition coefficient (Wildman–Crippen LogP) is 0.751. The summed E-state index contributed by atoms with van der Waals surface area (Å²) in [5, 5.41) is 4.97. The number of benzene rings is 1. The molecular weight excluding hydrogens is 358 g/mol. The van der Waals surface area contributed by atoms with E-state index >= 15 is 0 Å². The van der Waals surface area contributed by atoms with Gasteiger partial charge in [0, 0.05) is 10.5 Å². The highest BCUT2D eigenvalue weighted by atomic mass is 79.9. The number of hydrogen-bond donors (Lipinski definition) is 3. The highest BCUT2D eigenvalue weighted by molar-refractivity contribution is 9.10. The Kier molecular flexibility index (Phi) is 4.96. The monoisotopic (exact) mass is 371 g/mol. The molecule has 0 saturated heterocycles. The van der Waals surface area contributed by atoms with Crippen LogP contribution in [0.5, 0.6) is 0 Å². The number of sulfonamides is 1. The van der Waals surface area contributed by atoms with E-state index in [0.717, 1.165) is 0 Å². The molecular formula is C9H14BrN3O4S2. The van der Waals surface area contributed by atoms with Gasteiger partial charge >= 0.3 is 0 Å². The van der Waals surface area contributed by atoms with Crippen LogP contribution in [-0.4, -0.2) is 22.9 Å². The smallest absolute Gasteiger partial charge is 0.270 e. The molecule has 0 amide bonds. The second kappa shape index (κ2) is 5.75. The van der Waals surface area contributed by atoms with Crippen LogP contribution in [0, 0.1) is 0 Å². The number of hydrogen-bond acceptors (Lipinski definition) is 4. The molecule has 7 nitrogen and oxygen atoms in total. The molecule has 1 aromatic carbocycles. The molecule has 0 radical (unpaired) electrons. The largest absolute Gasteiger partial charge is 0.299 e. The Morgan fingerprint density at radius 1 is 1.21 bits per heavy atom. The molecule has 1 aromatic rings. The Bertz CT molecular complexity index is 671. The van der Waals surface area contributed by atoms with Crippen molar-refractivity contribution in [3.8, 4) is 0 Å². The van der Waals surface area contributed by atoms with Crippen molar-refractivity contribution < 1.29 is 16.8 Å². The van der Waals surface area contributed by atoms with Crippen molar-refractivity contribution in [3.63, 3.8) is 0 Å². The lowest BCUT2D eigenvalue weighted by atomic mass is 10.3. The van der Waals surface area contributed by atoms with Crippen LogP contribution in [0.15, 0.2) is 27.6 Å². The Morgan fingerprint density at radius 3 is 2.21 bits per heavy atom. The lowest BCUT2D eigenvalue weighted by molar-refractivity contribution is 0.575. The molecule has 10 heteroatoms. The normalized spacial score (nSPS) is 12.7. The fourth-order valence-electron chi connectivity index (χ4n) is 1.24. The van der Waals surface area contributed by atoms with Gasteiger partial charge in [-0.05, 0) is 48.0 Å². The zero-order valence-electron chi connectivity index (χ0n) is 10.2. The molecule has 0 aliphatic carbocycles. The first-order valence-electron chi connectivity index (χ1n) is 5.14. The van der Waals surface area contributed by atoms with E-state index in [2.05, 4.69) is 25.4 Å². The first-order valence-corrected chi connectivity index (χ1v) is 8.96. The maximum atomic E-state index is 11.7. The lowest BCUT2D eigenvalue weighted by Crippen LogP contribution is -2.35. The van der Waals surface area contributed by atoms with Gasteiger partial charge in [-0.15, -0.1) is 0 Å². The third kappa shape index (κ3) is 5.07. The Labute approximate surface area is 120 Å². The molecule has 0 aliphatic rings. The number of halogens is 1. The van der Waals surface area contributed by atoms with E-state index < -0.39 is 20.2 Å². The second-order valence-corrected chi connectivity index (χ2v) is 7.93. The summed E-state index contributed by atoms with van der Waals surface area (Å²) in [6.07, 6.45) is 0. The van der Waals surface area contributed by atoms with Gasteiger partial charge in [-0.1, -0.05) is 0 Å². The molecule has 0 aromatic heterocycles. The van der Waals surface area contributed by atoms with Crippen LogP contribution >= 0.6 is 15.9 Å². The van der Waals surface area contributed by atoms with Gasteiger partial charge in [-0.25, -0.2) is 13.6 Å². The Hall–Kier alpha value is -0.680. The molecule has 0 aliphatic heterocycles. The van der Waals surface area contributed by atoms with E-state index in [9.17, 15) is 16.8 Å². The zero-order valence-corrected chi connectivity index (χ0v) is 13.4. The molecule has 108 valence electrons. The summed E-state index contributed by atoms with van der Waals surface area (Å²) < 4.78 is 50.5. The van der Waals surface area contributed by atoms with E-state index in [1.54, 1.807) is 13.8 Å². The molecule has 0 bridgehead atoms. The van der Waals surface area contributed by atoms with E-state index in [0.29, 0.717) is 0 Å². The molecule has 0 spiro atoms. The molecule has 19 heavy (non-hydrogen) atoms. The van der Waals surface area contributed by atoms with Gasteiger partial charge in [0.2, 0.25) is 10.0 Å². The van der Waals surface area contributed by atoms with E-state index in [1.165, 1.54) is 18.2 Å². The lowest BCUT2D eigenvalue weighted by Gasteiger charge is -2.13. The average molecular weight is 372 g/mol. The Balaban J connectivity index is 3.06. The number of primary sulfonamides is 1.